The Labute approximate surface area is 264 Å². The monoisotopic (exact) mass is 640 g/mol. The fourth-order valence-corrected chi connectivity index (χ4v) is 5.21. The fraction of sp³-hybridized carbons (Fsp3) is 0.424. The predicted molar refractivity (Wildman–Crippen MR) is 159 cm³/mol. The smallest absolute Gasteiger partial charge is 0.303 e. The van der Waals surface area contributed by atoms with Crippen LogP contribution in [0.5, 0.6) is 5.75 Å². The number of carboxylic acid groups (broad SMARTS) is 1. The minimum absolute atomic E-state index is 0.0582. The molecule has 4 rings (SSSR count). The molecular formula is C33H36O13. The van der Waals surface area contributed by atoms with Crippen molar-refractivity contribution < 1.29 is 61.9 Å². The van der Waals surface area contributed by atoms with Gasteiger partial charge in [-0.2, -0.15) is 0 Å². The minimum atomic E-state index is -1.40. The van der Waals surface area contributed by atoms with Crippen molar-refractivity contribution in [3.63, 3.8) is 0 Å². The van der Waals surface area contributed by atoms with Gasteiger partial charge in [-0.3, -0.25) is 24.0 Å². The molecule has 3 aromatic rings. The van der Waals surface area contributed by atoms with Crippen molar-refractivity contribution in [2.75, 3.05) is 6.61 Å². The van der Waals surface area contributed by atoms with E-state index in [0.29, 0.717) is 36.0 Å². The van der Waals surface area contributed by atoms with Crippen LogP contribution in [0.15, 0.2) is 53.1 Å². The molecule has 1 aliphatic rings. The number of benzene rings is 2. The third-order valence-corrected chi connectivity index (χ3v) is 7.16. The van der Waals surface area contributed by atoms with Crippen molar-refractivity contribution >= 4 is 40.8 Å². The van der Waals surface area contributed by atoms with Crippen molar-refractivity contribution in [1.29, 1.82) is 0 Å². The van der Waals surface area contributed by atoms with E-state index in [1.165, 1.54) is 6.92 Å². The predicted octanol–water partition coefficient (Wildman–Crippen LogP) is 3.70. The molecule has 5 atom stereocenters. The van der Waals surface area contributed by atoms with Crippen LogP contribution in [0, 0.1) is 0 Å². The Bertz CT molecular complexity index is 1560. The minimum Gasteiger partial charge on any atom is -0.481 e. The van der Waals surface area contributed by atoms with Gasteiger partial charge in [0.25, 0.3) is 0 Å². The molecule has 1 N–H and O–H groups in total. The second kappa shape index (κ2) is 15.4. The average molecular weight is 641 g/mol. The van der Waals surface area contributed by atoms with Crippen LogP contribution in [0.3, 0.4) is 0 Å². The molecule has 0 bridgehead atoms. The van der Waals surface area contributed by atoms with Crippen LogP contribution in [-0.2, 0) is 66.9 Å². The first-order valence-corrected chi connectivity index (χ1v) is 14.7. The number of carboxylic acids is 1. The van der Waals surface area contributed by atoms with Gasteiger partial charge >= 0.3 is 29.8 Å². The standard InChI is InChI=1S/C33H36O13/c1-18(34)40-17-27-30(42-19(2)35)31(43-20(3)36)32(44-21(4)37)33(46-27)45-26-7-5-6-25-29(26)24(16-41-25)14-12-22-8-10-23(11-9-22)13-15-28(38)39/h5-11,16,27,30-33H,12-15,17H2,1-4H3,(H,38,39)/t27-,30-,31+,32-,33-/m1/s1. The lowest BCUT2D eigenvalue weighted by Crippen LogP contribution is -2.63. The zero-order chi connectivity index (χ0) is 33.4. The van der Waals surface area contributed by atoms with Gasteiger partial charge in [0.05, 0.1) is 11.6 Å². The van der Waals surface area contributed by atoms with Crippen molar-refractivity contribution in [1.82, 2.24) is 0 Å². The lowest BCUT2D eigenvalue weighted by molar-refractivity contribution is -0.288. The molecule has 0 spiro atoms. The largest absolute Gasteiger partial charge is 0.481 e. The Balaban J connectivity index is 1.63. The Morgan fingerprint density at radius 3 is 1.96 bits per heavy atom. The number of aryl methyl sites for hydroxylation is 3. The third kappa shape index (κ3) is 9.07. The van der Waals surface area contributed by atoms with Crippen LogP contribution < -0.4 is 4.74 Å². The summed E-state index contributed by atoms with van der Waals surface area (Å²) in [5.41, 5.74) is 3.29. The molecule has 13 nitrogen and oxygen atoms in total. The number of rotatable bonds is 13. The van der Waals surface area contributed by atoms with E-state index < -0.39 is 60.6 Å². The van der Waals surface area contributed by atoms with Gasteiger partial charge < -0.3 is 37.9 Å². The maximum atomic E-state index is 12.2. The maximum Gasteiger partial charge on any atom is 0.303 e. The summed E-state index contributed by atoms with van der Waals surface area (Å²) in [6.07, 6.45) is -3.29. The van der Waals surface area contributed by atoms with E-state index in [2.05, 4.69) is 0 Å². The Kier molecular flexibility index (Phi) is 11.4. The molecule has 1 fully saturated rings. The number of aliphatic carboxylic acids is 1. The van der Waals surface area contributed by atoms with E-state index in [0.717, 1.165) is 37.5 Å². The fourth-order valence-electron chi connectivity index (χ4n) is 5.21. The molecular weight excluding hydrogens is 604 g/mol. The highest BCUT2D eigenvalue weighted by molar-refractivity contribution is 5.87. The van der Waals surface area contributed by atoms with Gasteiger partial charge in [0, 0.05) is 39.7 Å². The first kappa shape index (κ1) is 34.0. The van der Waals surface area contributed by atoms with Crippen molar-refractivity contribution in [3.8, 4) is 5.75 Å². The SMILES string of the molecule is CC(=O)OC[C@H]1O[C@@H](Oc2cccc3occ(CCc4ccc(CCC(=O)O)cc4)c23)[C@H](OC(C)=O)[C@@H](OC(C)=O)[C@@H]1OC(C)=O. The lowest BCUT2D eigenvalue weighted by Gasteiger charge is -2.44. The number of hydrogen-bond acceptors (Lipinski definition) is 12. The van der Waals surface area contributed by atoms with E-state index in [4.69, 9.17) is 37.9 Å². The number of ether oxygens (including phenoxy) is 6. The maximum absolute atomic E-state index is 12.2. The topological polar surface area (TPSA) is 174 Å². The van der Waals surface area contributed by atoms with Crippen LogP contribution in [-0.4, -0.2) is 72.3 Å². The molecule has 0 unspecified atom stereocenters. The number of fused-ring (bicyclic) bond motifs is 1. The Hall–Kier alpha value is -4.91. The van der Waals surface area contributed by atoms with Gasteiger partial charge in [0.1, 0.15) is 24.0 Å². The number of hydrogen-bond donors (Lipinski definition) is 1. The zero-order valence-electron chi connectivity index (χ0n) is 25.9. The molecule has 0 amide bonds. The Morgan fingerprint density at radius 2 is 1.35 bits per heavy atom. The van der Waals surface area contributed by atoms with Gasteiger partial charge in [0.15, 0.2) is 12.2 Å². The molecule has 0 saturated carbocycles. The summed E-state index contributed by atoms with van der Waals surface area (Å²) in [4.78, 5) is 58.9. The van der Waals surface area contributed by atoms with E-state index >= 15 is 0 Å². The highest BCUT2D eigenvalue weighted by atomic mass is 16.7. The molecule has 1 aromatic heterocycles. The third-order valence-electron chi connectivity index (χ3n) is 7.16. The van der Waals surface area contributed by atoms with Crippen LogP contribution in [0.1, 0.15) is 50.8 Å². The van der Waals surface area contributed by atoms with Crippen molar-refractivity contribution in [2.24, 2.45) is 0 Å². The number of esters is 4. The van der Waals surface area contributed by atoms with Crippen LogP contribution in [0.2, 0.25) is 0 Å². The first-order valence-electron chi connectivity index (χ1n) is 14.7. The van der Waals surface area contributed by atoms with E-state index in [1.807, 2.05) is 24.3 Å². The second-order valence-corrected chi connectivity index (χ2v) is 10.8. The summed E-state index contributed by atoms with van der Waals surface area (Å²) >= 11 is 0. The second-order valence-electron chi connectivity index (χ2n) is 10.8. The quantitative estimate of drug-likeness (QED) is 0.212. The van der Waals surface area contributed by atoms with E-state index in [9.17, 15) is 24.0 Å². The summed E-state index contributed by atoms with van der Waals surface area (Å²) in [5.74, 6) is -3.39. The van der Waals surface area contributed by atoms with Crippen LogP contribution in [0.4, 0.5) is 0 Å². The highest BCUT2D eigenvalue weighted by Crippen LogP contribution is 2.36. The normalized spacial score (nSPS) is 20.8. The van der Waals surface area contributed by atoms with Crippen molar-refractivity contribution in [2.45, 2.75) is 84.1 Å². The van der Waals surface area contributed by atoms with Gasteiger partial charge in [-0.15, -0.1) is 0 Å². The molecule has 2 aromatic carbocycles. The molecule has 0 aliphatic carbocycles. The van der Waals surface area contributed by atoms with Crippen LogP contribution >= 0.6 is 0 Å². The van der Waals surface area contributed by atoms with Crippen LogP contribution in [0.25, 0.3) is 11.0 Å². The average Bonchev–Trinajstić information content (AvgIpc) is 3.41. The summed E-state index contributed by atoms with van der Waals surface area (Å²) in [6, 6.07) is 12.9. The molecule has 1 aliphatic heterocycles. The van der Waals surface area contributed by atoms with Gasteiger partial charge in [-0.1, -0.05) is 30.3 Å². The molecule has 246 valence electrons. The summed E-state index contributed by atoms with van der Waals surface area (Å²) in [6.45, 7) is 4.25. The molecule has 0 radical (unpaired) electrons. The molecule has 2 heterocycles. The molecule has 46 heavy (non-hydrogen) atoms. The number of furan rings is 1. The molecule has 13 heteroatoms. The van der Waals surface area contributed by atoms with Gasteiger partial charge in [-0.05, 0) is 42.5 Å². The Morgan fingerprint density at radius 1 is 0.739 bits per heavy atom. The number of carbonyl (C=O) groups is 5. The summed E-state index contributed by atoms with van der Waals surface area (Å²) in [7, 11) is 0. The van der Waals surface area contributed by atoms with Crippen molar-refractivity contribution in [3.05, 3.63) is 65.4 Å². The summed E-state index contributed by atoms with van der Waals surface area (Å²) < 4.78 is 39.8. The highest BCUT2D eigenvalue weighted by Gasteiger charge is 2.53. The lowest BCUT2D eigenvalue weighted by atomic mass is 9.98. The van der Waals surface area contributed by atoms with Gasteiger partial charge in [0.2, 0.25) is 12.4 Å². The molecule has 1 saturated heterocycles. The zero-order valence-corrected chi connectivity index (χ0v) is 25.9. The first-order chi connectivity index (χ1) is 21.9. The summed E-state index contributed by atoms with van der Waals surface area (Å²) in [5, 5.41) is 9.56. The van der Waals surface area contributed by atoms with E-state index in [-0.39, 0.29) is 13.0 Å². The van der Waals surface area contributed by atoms with E-state index in [1.54, 1.807) is 24.5 Å². The van der Waals surface area contributed by atoms with Gasteiger partial charge in [-0.25, -0.2) is 0 Å². The number of carbonyl (C=O) groups excluding carboxylic acids is 4.